The fourth-order valence-electron chi connectivity index (χ4n) is 2.22. The van der Waals surface area contributed by atoms with E-state index in [0.29, 0.717) is 4.90 Å². The SMILES string of the molecule is O=C1c2c(Cl)ccc([N+](=O)[O-])c2C(=O)N1c1cncc(F)c1. The first kappa shape index (κ1) is 14.1. The first-order chi connectivity index (χ1) is 10.4. The molecule has 2 heterocycles. The average molecular weight is 322 g/mol. The fourth-order valence-corrected chi connectivity index (χ4v) is 2.46. The highest BCUT2D eigenvalue weighted by atomic mass is 35.5. The smallest absolute Gasteiger partial charge is 0.268 e. The number of hydrogen-bond donors (Lipinski definition) is 0. The number of nitro groups is 1. The predicted molar refractivity (Wildman–Crippen MR) is 73.4 cm³/mol. The molecule has 0 radical (unpaired) electrons. The number of amides is 2. The Morgan fingerprint density at radius 2 is 1.86 bits per heavy atom. The molecule has 0 unspecified atom stereocenters. The van der Waals surface area contributed by atoms with Crippen LogP contribution in [-0.4, -0.2) is 21.7 Å². The van der Waals surface area contributed by atoms with E-state index < -0.39 is 33.8 Å². The van der Waals surface area contributed by atoms with Gasteiger partial charge in [-0.15, -0.1) is 0 Å². The third-order valence-corrected chi connectivity index (χ3v) is 3.43. The van der Waals surface area contributed by atoms with E-state index in [0.717, 1.165) is 30.6 Å². The molecule has 1 aliphatic heterocycles. The van der Waals surface area contributed by atoms with Crippen LogP contribution in [0.5, 0.6) is 0 Å². The molecule has 7 nitrogen and oxygen atoms in total. The number of rotatable bonds is 2. The monoisotopic (exact) mass is 321 g/mol. The van der Waals surface area contributed by atoms with Gasteiger partial charge in [0.15, 0.2) is 0 Å². The first-order valence-electron chi connectivity index (χ1n) is 5.88. The molecule has 1 aromatic heterocycles. The van der Waals surface area contributed by atoms with Gasteiger partial charge in [-0.05, 0) is 6.07 Å². The Labute approximate surface area is 127 Å². The Morgan fingerprint density at radius 1 is 1.18 bits per heavy atom. The van der Waals surface area contributed by atoms with Crippen LogP contribution in [0.3, 0.4) is 0 Å². The number of fused-ring (bicyclic) bond motifs is 1. The molecule has 0 N–H and O–H groups in total. The van der Waals surface area contributed by atoms with Gasteiger partial charge in [-0.3, -0.25) is 24.7 Å². The van der Waals surface area contributed by atoms with Gasteiger partial charge in [-0.2, -0.15) is 0 Å². The van der Waals surface area contributed by atoms with Crippen LogP contribution in [0.2, 0.25) is 5.02 Å². The first-order valence-corrected chi connectivity index (χ1v) is 6.26. The zero-order valence-corrected chi connectivity index (χ0v) is 11.4. The van der Waals surface area contributed by atoms with Crippen LogP contribution >= 0.6 is 11.6 Å². The molecule has 2 amide bonds. The maximum Gasteiger partial charge on any atom is 0.283 e. The van der Waals surface area contributed by atoms with E-state index in [1.807, 2.05) is 0 Å². The highest BCUT2D eigenvalue weighted by Gasteiger charge is 2.43. The van der Waals surface area contributed by atoms with Gasteiger partial charge in [-0.1, -0.05) is 11.6 Å². The summed E-state index contributed by atoms with van der Waals surface area (Å²) >= 11 is 5.88. The number of anilines is 1. The molecule has 3 rings (SSSR count). The third kappa shape index (κ3) is 1.92. The van der Waals surface area contributed by atoms with E-state index in [1.54, 1.807) is 0 Å². The highest BCUT2D eigenvalue weighted by molar-refractivity contribution is 6.42. The maximum atomic E-state index is 13.2. The molecule has 0 saturated heterocycles. The van der Waals surface area contributed by atoms with E-state index in [1.165, 1.54) is 0 Å². The van der Waals surface area contributed by atoms with Crippen LogP contribution < -0.4 is 4.90 Å². The predicted octanol–water partition coefficient (Wildman–Crippen LogP) is 2.58. The highest BCUT2D eigenvalue weighted by Crippen LogP contribution is 2.37. The number of nitro benzene ring substituents is 1. The summed E-state index contributed by atoms with van der Waals surface area (Å²) in [6.45, 7) is 0. The number of halogens is 2. The van der Waals surface area contributed by atoms with Gasteiger partial charge in [0.1, 0.15) is 11.4 Å². The molecule has 0 aliphatic carbocycles. The van der Waals surface area contributed by atoms with E-state index in [2.05, 4.69) is 4.98 Å². The number of aromatic nitrogens is 1. The van der Waals surface area contributed by atoms with Crippen molar-refractivity contribution >= 4 is 34.8 Å². The third-order valence-electron chi connectivity index (χ3n) is 3.11. The van der Waals surface area contributed by atoms with E-state index >= 15 is 0 Å². The topological polar surface area (TPSA) is 93.4 Å². The lowest BCUT2D eigenvalue weighted by Crippen LogP contribution is -2.29. The summed E-state index contributed by atoms with van der Waals surface area (Å²) in [5.41, 5.74) is -1.35. The van der Waals surface area contributed by atoms with Gasteiger partial charge in [0.25, 0.3) is 17.5 Å². The van der Waals surface area contributed by atoms with E-state index in [4.69, 9.17) is 11.6 Å². The van der Waals surface area contributed by atoms with Crippen molar-refractivity contribution in [1.82, 2.24) is 4.98 Å². The number of imide groups is 1. The van der Waals surface area contributed by atoms with Crippen molar-refractivity contribution < 1.29 is 18.9 Å². The summed E-state index contributed by atoms with van der Waals surface area (Å²) < 4.78 is 13.2. The van der Waals surface area contributed by atoms with Crippen molar-refractivity contribution in [3.8, 4) is 0 Å². The van der Waals surface area contributed by atoms with Crippen LogP contribution in [0.4, 0.5) is 15.8 Å². The number of hydrogen-bond acceptors (Lipinski definition) is 5. The van der Waals surface area contributed by atoms with Crippen molar-refractivity contribution in [3.63, 3.8) is 0 Å². The number of nitrogens with zero attached hydrogens (tertiary/aromatic N) is 3. The van der Waals surface area contributed by atoms with Crippen LogP contribution in [0, 0.1) is 15.9 Å². The molecule has 2 aromatic rings. The molecule has 0 spiro atoms. The van der Waals surface area contributed by atoms with Crippen LogP contribution in [0.25, 0.3) is 0 Å². The lowest BCUT2D eigenvalue weighted by atomic mass is 10.1. The Kier molecular flexibility index (Phi) is 3.10. The maximum absolute atomic E-state index is 13.2. The molecule has 0 fully saturated rings. The van der Waals surface area contributed by atoms with Gasteiger partial charge in [0, 0.05) is 12.1 Å². The summed E-state index contributed by atoms with van der Waals surface area (Å²) in [6.07, 6.45) is 2.00. The number of benzene rings is 1. The van der Waals surface area contributed by atoms with Gasteiger partial charge < -0.3 is 0 Å². The minimum Gasteiger partial charge on any atom is -0.268 e. The number of carbonyl (C=O) groups excluding carboxylic acids is 2. The largest absolute Gasteiger partial charge is 0.283 e. The van der Waals surface area contributed by atoms with E-state index in [-0.39, 0.29) is 16.3 Å². The van der Waals surface area contributed by atoms with Crippen LogP contribution in [-0.2, 0) is 0 Å². The van der Waals surface area contributed by atoms with Crippen LogP contribution in [0.1, 0.15) is 20.7 Å². The van der Waals surface area contributed by atoms with Crippen LogP contribution in [0.15, 0.2) is 30.6 Å². The molecule has 22 heavy (non-hydrogen) atoms. The second-order valence-electron chi connectivity index (χ2n) is 4.38. The second kappa shape index (κ2) is 4.85. The molecule has 110 valence electrons. The van der Waals surface area contributed by atoms with Crippen molar-refractivity contribution in [3.05, 3.63) is 62.7 Å². The molecule has 0 bridgehead atoms. The standard InChI is InChI=1S/C13H5ClFN3O4/c14-8-1-2-9(18(21)22)11-10(8)12(19)17(13(11)20)7-3-6(15)4-16-5-7/h1-5H. The summed E-state index contributed by atoms with van der Waals surface area (Å²) in [5.74, 6) is -2.56. The lowest BCUT2D eigenvalue weighted by molar-refractivity contribution is -0.385. The summed E-state index contributed by atoms with van der Waals surface area (Å²) in [7, 11) is 0. The molecule has 9 heteroatoms. The number of pyridine rings is 1. The molecule has 1 aliphatic rings. The Bertz CT molecular complexity index is 855. The second-order valence-corrected chi connectivity index (χ2v) is 4.79. The Balaban J connectivity index is 2.23. The van der Waals surface area contributed by atoms with Crippen molar-refractivity contribution in [1.29, 1.82) is 0 Å². The fraction of sp³-hybridized carbons (Fsp3) is 0. The number of carbonyl (C=O) groups is 2. The lowest BCUT2D eigenvalue weighted by Gasteiger charge is -2.12. The quantitative estimate of drug-likeness (QED) is 0.481. The van der Waals surface area contributed by atoms with Crippen molar-refractivity contribution in [2.24, 2.45) is 0 Å². The molecule has 0 atom stereocenters. The average Bonchev–Trinajstić information content (AvgIpc) is 2.72. The summed E-state index contributed by atoms with van der Waals surface area (Å²) in [6, 6.07) is 3.13. The zero-order valence-electron chi connectivity index (χ0n) is 10.6. The Morgan fingerprint density at radius 3 is 2.50 bits per heavy atom. The summed E-state index contributed by atoms with van der Waals surface area (Å²) in [5, 5.41) is 10.9. The van der Waals surface area contributed by atoms with Gasteiger partial charge >= 0.3 is 0 Å². The Hall–Kier alpha value is -2.87. The van der Waals surface area contributed by atoms with Crippen molar-refractivity contribution in [2.45, 2.75) is 0 Å². The van der Waals surface area contributed by atoms with Gasteiger partial charge in [0.05, 0.1) is 33.6 Å². The molecule has 0 saturated carbocycles. The summed E-state index contributed by atoms with van der Waals surface area (Å²) in [4.78, 5) is 39.2. The molecular formula is C13H5ClFN3O4. The van der Waals surface area contributed by atoms with Crippen molar-refractivity contribution in [2.75, 3.05) is 4.90 Å². The minimum atomic E-state index is -0.943. The van der Waals surface area contributed by atoms with Gasteiger partial charge in [-0.25, -0.2) is 9.29 Å². The normalized spacial score (nSPS) is 13.5. The van der Waals surface area contributed by atoms with E-state index in [9.17, 15) is 24.1 Å². The van der Waals surface area contributed by atoms with Gasteiger partial charge in [0.2, 0.25) is 0 Å². The molecule has 1 aromatic carbocycles. The minimum absolute atomic E-state index is 0.0918. The molecular weight excluding hydrogens is 317 g/mol. The zero-order chi connectivity index (χ0) is 16.0.